The van der Waals surface area contributed by atoms with E-state index in [0.29, 0.717) is 12.2 Å². The van der Waals surface area contributed by atoms with E-state index in [2.05, 4.69) is 26.1 Å². The Morgan fingerprint density at radius 2 is 2.35 bits per heavy atom. The average Bonchev–Trinajstić information content (AvgIpc) is 2.85. The van der Waals surface area contributed by atoms with Gasteiger partial charge in [-0.25, -0.2) is 4.98 Å². The van der Waals surface area contributed by atoms with Crippen LogP contribution in [0.2, 0.25) is 0 Å². The Kier molecular flexibility index (Phi) is 4.97. The molecule has 1 aromatic carbocycles. The van der Waals surface area contributed by atoms with Crippen LogP contribution in [0.1, 0.15) is 16.1 Å². The number of halogens is 1. The lowest BCUT2D eigenvalue weighted by Crippen LogP contribution is -2.13. The molecule has 20 heavy (non-hydrogen) atoms. The van der Waals surface area contributed by atoms with E-state index in [1.807, 2.05) is 12.4 Å². The number of nitrogens with two attached hydrogens (primary N) is 1. The molecule has 0 unspecified atom stereocenters. The molecule has 5 nitrogen and oxygen atoms in total. The van der Waals surface area contributed by atoms with Gasteiger partial charge in [-0.15, -0.1) is 11.3 Å². The van der Waals surface area contributed by atoms with Crippen molar-refractivity contribution in [2.45, 2.75) is 13.3 Å². The Morgan fingerprint density at radius 1 is 1.55 bits per heavy atom. The van der Waals surface area contributed by atoms with Gasteiger partial charge in [0.05, 0.1) is 22.3 Å². The van der Waals surface area contributed by atoms with E-state index in [0.717, 1.165) is 22.3 Å². The van der Waals surface area contributed by atoms with Gasteiger partial charge in [0, 0.05) is 16.9 Å². The summed E-state index contributed by atoms with van der Waals surface area (Å²) in [6.45, 7) is 2.57. The zero-order valence-corrected chi connectivity index (χ0v) is 13.2. The first-order chi connectivity index (χ1) is 9.61. The van der Waals surface area contributed by atoms with Crippen LogP contribution in [0.5, 0.6) is 5.75 Å². The highest BCUT2D eigenvalue weighted by Gasteiger charge is 2.07. The topological polar surface area (TPSA) is 80.7 Å². The molecular formula is C13H14BrN3O2S. The van der Waals surface area contributed by atoms with Crippen LogP contribution in [0.25, 0.3) is 0 Å². The second-order valence-electron chi connectivity index (χ2n) is 4.09. The summed E-state index contributed by atoms with van der Waals surface area (Å²) in [5, 5.41) is 11.6. The average molecular weight is 356 g/mol. The Labute approximate surface area is 129 Å². The Morgan fingerprint density at radius 3 is 2.95 bits per heavy atom. The third-order valence-corrected chi connectivity index (χ3v) is 4.38. The standard InChI is InChI=1S/C13H14BrN3O2S/c1-8-12(20-7-16-8)4-5-19-11-3-2-9(6-10(11)14)13(15)17-18/h2-3,6-7,18H,4-5H2,1H3,(H2,15,17). The molecule has 3 N–H and O–H groups in total. The summed E-state index contributed by atoms with van der Waals surface area (Å²) < 4.78 is 6.49. The summed E-state index contributed by atoms with van der Waals surface area (Å²) >= 11 is 5.05. The van der Waals surface area contributed by atoms with Crippen LogP contribution in [-0.4, -0.2) is 22.6 Å². The molecule has 0 bridgehead atoms. The Balaban J connectivity index is 1.98. The fourth-order valence-corrected chi connectivity index (χ4v) is 2.91. The van der Waals surface area contributed by atoms with E-state index in [1.54, 1.807) is 29.5 Å². The minimum atomic E-state index is 0.0672. The molecule has 0 amide bonds. The largest absolute Gasteiger partial charge is 0.492 e. The number of amidine groups is 1. The first-order valence-electron chi connectivity index (χ1n) is 5.91. The van der Waals surface area contributed by atoms with Crippen LogP contribution < -0.4 is 10.5 Å². The van der Waals surface area contributed by atoms with Crippen molar-refractivity contribution in [3.8, 4) is 5.75 Å². The summed E-state index contributed by atoms with van der Waals surface area (Å²) in [6.07, 6.45) is 0.824. The molecule has 106 valence electrons. The molecular weight excluding hydrogens is 342 g/mol. The fourth-order valence-electron chi connectivity index (χ4n) is 1.65. The zero-order valence-electron chi connectivity index (χ0n) is 10.8. The van der Waals surface area contributed by atoms with Crippen LogP contribution >= 0.6 is 27.3 Å². The van der Waals surface area contributed by atoms with Gasteiger partial charge < -0.3 is 15.7 Å². The number of benzene rings is 1. The lowest BCUT2D eigenvalue weighted by atomic mass is 10.2. The van der Waals surface area contributed by atoms with E-state index in [4.69, 9.17) is 15.7 Å². The van der Waals surface area contributed by atoms with Crippen LogP contribution in [0.15, 0.2) is 33.3 Å². The number of hydrogen-bond acceptors (Lipinski definition) is 5. The predicted octanol–water partition coefficient (Wildman–Crippen LogP) is 2.93. The molecule has 0 spiro atoms. The number of aryl methyl sites for hydroxylation is 1. The first kappa shape index (κ1) is 14.8. The van der Waals surface area contributed by atoms with Crippen molar-refractivity contribution < 1.29 is 9.94 Å². The Hall–Kier alpha value is -1.60. The summed E-state index contributed by atoms with van der Waals surface area (Å²) in [6, 6.07) is 5.28. The zero-order chi connectivity index (χ0) is 14.5. The number of rotatable bonds is 5. The lowest BCUT2D eigenvalue weighted by Gasteiger charge is -2.09. The molecule has 2 aromatic rings. The SMILES string of the molecule is Cc1ncsc1CCOc1ccc(/C(N)=N/O)cc1Br. The maximum Gasteiger partial charge on any atom is 0.170 e. The minimum Gasteiger partial charge on any atom is -0.492 e. The number of ether oxygens (including phenoxy) is 1. The normalized spacial score (nSPS) is 11.6. The molecule has 7 heteroatoms. The van der Waals surface area contributed by atoms with Crippen molar-refractivity contribution >= 4 is 33.1 Å². The highest BCUT2D eigenvalue weighted by molar-refractivity contribution is 9.10. The van der Waals surface area contributed by atoms with Crippen LogP contribution in [0.3, 0.4) is 0 Å². The number of oxime groups is 1. The van der Waals surface area contributed by atoms with Gasteiger partial charge in [0.1, 0.15) is 5.75 Å². The van der Waals surface area contributed by atoms with Gasteiger partial charge in [-0.2, -0.15) is 0 Å². The molecule has 0 fully saturated rings. The fraction of sp³-hybridized carbons (Fsp3) is 0.231. The third kappa shape index (κ3) is 3.49. The van der Waals surface area contributed by atoms with Crippen LogP contribution in [-0.2, 0) is 6.42 Å². The first-order valence-corrected chi connectivity index (χ1v) is 7.58. The van der Waals surface area contributed by atoms with E-state index in [9.17, 15) is 0 Å². The molecule has 1 aromatic heterocycles. The summed E-state index contributed by atoms with van der Waals surface area (Å²) in [5.41, 5.74) is 9.05. The van der Waals surface area contributed by atoms with Crippen LogP contribution in [0, 0.1) is 6.92 Å². The molecule has 0 radical (unpaired) electrons. The minimum absolute atomic E-state index is 0.0672. The van der Waals surface area contributed by atoms with Gasteiger partial charge in [-0.1, -0.05) is 5.16 Å². The molecule has 0 aliphatic rings. The number of nitrogens with zero attached hydrogens (tertiary/aromatic N) is 2. The van der Waals surface area contributed by atoms with Crippen molar-refractivity contribution in [2.24, 2.45) is 10.9 Å². The molecule has 0 saturated carbocycles. The quantitative estimate of drug-likeness (QED) is 0.374. The maximum atomic E-state index is 8.63. The van der Waals surface area contributed by atoms with Gasteiger partial charge in [0.15, 0.2) is 5.84 Å². The lowest BCUT2D eigenvalue weighted by molar-refractivity contribution is 0.318. The molecule has 2 rings (SSSR count). The Bertz CT molecular complexity index is 628. The highest BCUT2D eigenvalue weighted by atomic mass is 79.9. The summed E-state index contributed by atoms with van der Waals surface area (Å²) in [7, 11) is 0. The van der Waals surface area contributed by atoms with Crippen molar-refractivity contribution in [1.82, 2.24) is 4.98 Å². The van der Waals surface area contributed by atoms with E-state index in [1.165, 1.54) is 4.88 Å². The summed E-state index contributed by atoms with van der Waals surface area (Å²) in [4.78, 5) is 5.43. The monoisotopic (exact) mass is 355 g/mol. The van der Waals surface area contributed by atoms with E-state index < -0.39 is 0 Å². The molecule has 0 atom stereocenters. The molecule has 1 heterocycles. The number of aromatic nitrogens is 1. The van der Waals surface area contributed by atoms with Crippen LogP contribution in [0.4, 0.5) is 0 Å². The van der Waals surface area contributed by atoms with E-state index >= 15 is 0 Å². The maximum absolute atomic E-state index is 8.63. The molecule has 0 aliphatic heterocycles. The third-order valence-electron chi connectivity index (χ3n) is 2.77. The second kappa shape index (κ2) is 6.71. The van der Waals surface area contributed by atoms with Crippen molar-refractivity contribution in [1.29, 1.82) is 0 Å². The van der Waals surface area contributed by atoms with Crippen molar-refractivity contribution in [3.05, 3.63) is 44.3 Å². The van der Waals surface area contributed by atoms with Gasteiger partial charge in [0.2, 0.25) is 0 Å². The van der Waals surface area contributed by atoms with Crippen molar-refractivity contribution in [2.75, 3.05) is 6.61 Å². The number of hydrogen-bond donors (Lipinski definition) is 2. The van der Waals surface area contributed by atoms with E-state index in [-0.39, 0.29) is 5.84 Å². The number of thiazole rings is 1. The van der Waals surface area contributed by atoms with Gasteiger partial charge in [0.25, 0.3) is 0 Å². The summed E-state index contributed by atoms with van der Waals surface area (Å²) in [5.74, 6) is 0.791. The molecule has 0 saturated heterocycles. The smallest absolute Gasteiger partial charge is 0.170 e. The van der Waals surface area contributed by atoms with Gasteiger partial charge >= 0.3 is 0 Å². The van der Waals surface area contributed by atoms with Gasteiger partial charge in [-0.3, -0.25) is 0 Å². The highest BCUT2D eigenvalue weighted by Crippen LogP contribution is 2.26. The molecule has 0 aliphatic carbocycles. The van der Waals surface area contributed by atoms with Gasteiger partial charge in [-0.05, 0) is 41.1 Å². The predicted molar refractivity (Wildman–Crippen MR) is 82.7 cm³/mol. The van der Waals surface area contributed by atoms with Crippen molar-refractivity contribution in [3.63, 3.8) is 0 Å². The second-order valence-corrected chi connectivity index (χ2v) is 5.88.